The molecule has 0 spiro atoms. The average molecular weight is 380 g/mol. The molecule has 1 amide bonds. The maximum atomic E-state index is 12.7. The molecule has 0 aromatic heterocycles. The van der Waals surface area contributed by atoms with E-state index >= 15 is 0 Å². The number of hydrogen-bond acceptors (Lipinski definition) is 4. The molecule has 27 heavy (non-hydrogen) atoms. The van der Waals surface area contributed by atoms with Crippen molar-refractivity contribution in [2.75, 3.05) is 59.0 Å². The number of ether oxygens (including phenoxy) is 1. The van der Waals surface area contributed by atoms with E-state index in [1.54, 1.807) is 0 Å². The van der Waals surface area contributed by atoms with Crippen molar-refractivity contribution >= 4 is 11.9 Å². The number of guanidine groups is 1. The van der Waals surface area contributed by atoms with Gasteiger partial charge in [0.1, 0.15) is 0 Å². The van der Waals surface area contributed by atoms with Gasteiger partial charge in [-0.3, -0.25) is 14.7 Å². The molecule has 2 aliphatic heterocycles. The van der Waals surface area contributed by atoms with Crippen molar-refractivity contribution in [3.63, 3.8) is 0 Å². The molecule has 7 nitrogen and oxygen atoms in total. The number of amides is 1. The maximum Gasteiger partial charge on any atom is 0.225 e. The van der Waals surface area contributed by atoms with Gasteiger partial charge in [-0.25, -0.2) is 0 Å². The molecule has 2 N–H and O–H groups in total. The number of nitrogens with one attached hydrogen (secondary N) is 2. The molecule has 3 fully saturated rings. The second kappa shape index (κ2) is 10.9. The highest BCUT2D eigenvalue weighted by molar-refractivity contribution is 5.81. The lowest BCUT2D eigenvalue weighted by atomic mass is 9.88. The standard InChI is InChI=1S/C20H37N5O2/c1-2-21-20(22-9-11-24-12-14-27-15-13-24)23-18-8-10-25(16-18)19(26)17-6-4-3-5-7-17/h17-18H,2-16H2,1H3,(H2,21,22,23). The summed E-state index contributed by atoms with van der Waals surface area (Å²) in [5.41, 5.74) is 0. The molecule has 2 saturated heterocycles. The van der Waals surface area contributed by atoms with Gasteiger partial charge < -0.3 is 20.3 Å². The van der Waals surface area contributed by atoms with Gasteiger partial charge in [-0.2, -0.15) is 0 Å². The Bertz CT molecular complexity index is 487. The van der Waals surface area contributed by atoms with E-state index in [2.05, 4.69) is 27.4 Å². The third-order valence-electron chi connectivity index (χ3n) is 5.93. The molecule has 0 bridgehead atoms. The normalized spacial score (nSPS) is 25.6. The average Bonchev–Trinajstić information content (AvgIpc) is 3.17. The SMILES string of the molecule is CCNC(=NCCN1CCOCC1)NC1CCN(C(=O)C2CCCCC2)C1. The monoisotopic (exact) mass is 379 g/mol. The molecule has 0 aromatic rings. The first-order valence-corrected chi connectivity index (χ1v) is 10.9. The van der Waals surface area contributed by atoms with Crippen LogP contribution in [0.5, 0.6) is 0 Å². The van der Waals surface area contributed by atoms with Gasteiger partial charge in [-0.1, -0.05) is 19.3 Å². The van der Waals surface area contributed by atoms with E-state index in [9.17, 15) is 4.79 Å². The zero-order chi connectivity index (χ0) is 18.9. The van der Waals surface area contributed by atoms with Gasteiger partial charge in [0.25, 0.3) is 0 Å². The van der Waals surface area contributed by atoms with Crippen molar-refractivity contribution in [3.05, 3.63) is 0 Å². The van der Waals surface area contributed by atoms with Crippen LogP contribution in [0.3, 0.4) is 0 Å². The van der Waals surface area contributed by atoms with Crippen LogP contribution in [-0.2, 0) is 9.53 Å². The van der Waals surface area contributed by atoms with Crippen LogP contribution in [0.2, 0.25) is 0 Å². The summed E-state index contributed by atoms with van der Waals surface area (Å²) in [6.07, 6.45) is 6.89. The third-order valence-corrected chi connectivity index (χ3v) is 5.93. The lowest BCUT2D eigenvalue weighted by Crippen LogP contribution is -2.46. The largest absolute Gasteiger partial charge is 0.379 e. The van der Waals surface area contributed by atoms with Crippen LogP contribution in [-0.4, -0.2) is 86.7 Å². The Kier molecular flexibility index (Phi) is 8.20. The van der Waals surface area contributed by atoms with E-state index in [1.807, 2.05) is 0 Å². The fourth-order valence-electron chi connectivity index (χ4n) is 4.33. The fourth-order valence-corrected chi connectivity index (χ4v) is 4.33. The zero-order valence-electron chi connectivity index (χ0n) is 16.9. The van der Waals surface area contributed by atoms with E-state index in [1.165, 1.54) is 19.3 Å². The van der Waals surface area contributed by atoms with Gasteiger partial charge in [-0.05, 0) is 26.2 Å². The Balaban J connectivity index is 1.43. The summed E-state index contributed by atoms with van der Waals surface area (Å²) in [5, 5.41) is 6.89. The zero-order valence-corrected chi connectivity index (χ0v) is 16.9. The minimum absolute atomic E-state index is 0.271. The second-order valence-electron chi connectivity index (χ2n) is 7.96. The smallest absolute Gasteiger partial charge is 0.225 e. The Labute approximate surface area is 163 Å². The van der Waals surface area contributed by atoms with Crippen molar-refractivity contribution in [2.24, 2.45) is 10.9 Å². The minimum Gasteiger partial charge on any atom is -0.379 e. The van der Waals surface area contributed by atoms with Crippen LogP contribution < -0.4 is 10.6 Å². The summed E-state index contributed by atoms with van der Waals surface area (Å²) < 4.78 is 5.39. The van der Waals surface area contributed by atoms with Gasteiger partial charge in [0.05, 0.1) is 19.8 Å². The molecule has 1 aliphatic carbocycles. The van der Waals surface area contributed by atoms with Crippen molar-refractivity contribution < 1.29 is 9.53 Å². The number of nitrogens with zero attached hydrogens (tertiary/aromatic N) is 3. The van der Waals surface area contributed by atoms with Gasteiger partial charge in [-0.15, -0.1) is 0 Å². The number of morpholine rings is 1. The van der Waals surface area contributed by atoms with Crippen LogP contribution in [0.4, 0.5) is 0 Å². The van der Waals surface area contributed by atoms with Crippen LogP contribution >= 0.6 is 0 Å². The van der Waals surface area contributed by atoms with E-state index in [0.29, 0.717) is 11.9 Å². The lowest BCUT2D eigenvalue weighted by Gasteiger charge is -2.26. The van der Waals surface area contributed by atoms with Gasteiger partial charge >= 0.3 is 0 Å². The topological polar surface area (TPSA) is 69.2 Å². The molecule has 1 atom stereocenters. The summed E-state index contributed by atoms with van der Waals surface area (Å²) in [6, 6.07) is 0.304. The van der Waals surface area contributed by atoms with Crippen molar-refractivity contribution in [1.82, 2.24) is 20.4 Å². The second-order valence-corrected chi connectivity index (χ2v) is 7.96. The van der Waals surface area contributed by atoms with E-state index in [0.717, 1.165) is 84.2 Å². The molecule has 154 valence electrons. The van der Waals surface area contributed by atoms with Crippen molar-refractivity contribution in [2.45, 2.75) is 51.5 Å². The first kappa shape index (κ1) is 20.4. The molecular formula is C20H37N5O2. The number of carbonyl (C=O) groups excluding carboxylic acids is 1. The summed E-state index contributed by atoms with van der Waals surface area (Å²) in [4.78, 5) is 22.0. The summed E-state index contributed by atoms with van der Waals surface area (Å²) in [7, 11) is 0. The number of rotatable bonds is 6. The molecule has 1 unspecified atom stereocenters. The Morgan fingerprint density at radius 1 is 1.11 bits per heavy atom. The van der Waals surface area contributed by atoms with Gasteiger partial charge in [0.15, 0.2) is 5.96 Å². The predicted octanol–water partition coefficient (Wildman–Crippen LogP) is 1.05. The number of hydrogen-bond donors (Lipinski definition) is 2. The molecule has 3 rings (SSSR count). The molecule has 0 radical (unpaired) electrons. The van der Waals surface area contributed by atoms with Crippen LogP contribution in [0, 0.1) is 5.92 Å². The Hall–Kier alpha value is -1.34. The lowest BCUT2D eigenvalue weighted by molar-refractivity contribution is -0.135. The van der Waals surface area contributed by atoms with Gasteiger partial charge in [0, 0.05) is 51.2 Å². The molecule has 1 saturated carbocycles. The highest BCUT2D eigenvalue weighted by Crippen LogP contribution is 2.26. The predicted molar refractivity (Wildman–Crippen MR) is 108 cm³/mol. The maximum absolute atomic E-state index is 12.7. The quantitative estimate of drug-likeness (QED) is 0.533. The number of likely N-dealkylation sites (tertiary alicyclic amines) is 1. The minimum atomic E-state index is 0.271. The van der Waals surface area contributed by atoms with Crippen molar-refractivity contribution in [1.29, 1.82) is 0 Å². The van der Waals surface area contributed by atoms with E-state index in [-0.39, 0.29) is 5.92 Å². The Morgan fingerprint density at radius 3 is 2.63 bits per heavy atom. The third kappa shape index (κ3) is 6.35. The highest BCUT2D eigenvalue weighted by atomic mass is 16.5. The summed E-state index contributed by atoms with van der Waals surface area (Å²) in [6.45, 7) is 10.0. The summed E-state index contributed by atoms with van der Waals surface area (Å²) >= 11 is 0. The molecule has 2 heterocycles. The molecule has 0 aromatic carbocycles. The van der Waals surface area contributed by atoms with Crippen LogP contribution in [0.25, 0.3) is 0 Å². The number of carbonyl (C=O) groups is 1. The Morgan fingerprint density at radius 2 is 1.89 bits per heavy atom. The molecular weight excluding hydrogens is 342 g/mol. The van der Waals surface area contributed by atoms with E-state index in [4.69, 9.17) is 9.73 Å². The fraction of sp³-hybridized carbons (Fsp3) is 0.900. The van der Waals surface area contributed by atoms with Crippen LogP contribution in [0.15, 0.2) is 4.99 Å². The van der Waals surface area contributed by atoms with E-state index < -0.39 is 0 Å². The summed E-state index contributed by atoms with van der Waals surface area (Å²) in [5.74, 6) is 1.53. The van der Waals surface area contributed by atoms with Gasteiger partial charge in [0.2, 0.25) is 5.91 Å². The highest BCUT2D eigenvalue weighted by Gasteiger charge is 2.31. The first-order valence-electron chi connectivity index (χ1n) is 10.9. The molecule has 3 aliphatic rings. The first-order chi connectivity index (χ1) is 13.3. The van der Waals surface area contributed by atoms with Crippen molar-refractivity contribution in [3.8, 4) is 0 Å². The number of aliphatic imine (C=N–C) groups is 1. The van der Waals surface area contributed by atoms with Crippen LogP contribution in [0.1, 0.15) is 45.4 Å². The molecule has 7 heteroatoms.